The zero-order valence-corrected chi connectivity index (χ0v) is 14.2. The van der Waals surface area contributed by atoms with E-state index in [0.717, 1.165) is 21.8 Å². The lowest BCUT2D eigenvalue weighted by molar-refractivity contribution is -0.123. The third-order valence-electron chi connectivity index (χ3n) is 3.46. The van der Waals surface area contributed by atoms with E-state index in [1.54, 1.807) is 11.3 Å². The van der Waals surface area contributed by atoms with Gasteiger partial charge in [0.15, 0.2) is 6.61 Å². The molecule has 0 unspecified atom stereocenters. The minimum atomic E-state index is -0.149. The van der Waals surface area contributed by atoms with Crippen LogP contribution < -0.4 is 10.1 Å². The molecule has 0 aliphatic rings. The van der Waals surface area contributed by atoms with E-state index in [4.69, 9.17) is 4.74 Å². The molecule has 0 atom stereocenters. The highest BCUT2D eigenvalue weighted by Gasteiger charge is 2.09. The summed E-state index contributed by atoms with van der Waals surface area (Å²) in [5, 5.41) is 5.90. The maximum Gasteiger partial charge on any atom is 0.258 e. The van der Waals surface area contributed by atoms with E-state index in [0.29, 0.717) is 12.3 Å². The van der Waals surface area contributed by atoms with Crippen LogP contribution >= 0.6 is 11.3 Å². The smallest absolute Gasteiger partial charge is 0.258 e. The molecule has 0 aliphatic heterocycles. The number of carbonyl (C=O) groups excluding carboxylic acids is 1. The molecule has 0 aliphatic carbocycles. The number of aryl methyl sites for hydroxylation is 1. The molecule has 5 heteroatoms. The van der Waals surface area contributed by atoms with Gasteiger partial charge in [0.2, 0.25) is 0 Å². The van der Waals surface area contributed by atoms with Crippen molar-refractivity contribution in [2.75, 3.05) is 6.61 Å². The fourth-order valence-electron chi connectivity index (χ4n) is 2.27. The minimum absolute atomic E-state index is 0.00252. The van der Waals surface area contributed by atoms with E-state index < -0.39 is 0 Å². The van der Waals surface area contributed by atoms with Gasteiger partial charge in [0.1, 0.15) is 10.8 Å². The molecule has 1 amide bonds. The highest BCUT2D eigenvalue weighted by atomic mass is 32.1. The molecule has 1 aromatic heterocycles. The van der Waals surface area contributed by atoms with Crippen molar-refractivity contribution in [1.29, 1.82) is 0 Å². The fourth-order valence-corrected chi connectivity index (χ4v) is 3.13. The molecule has 0 bridgehead atoms. The van der Waals surface area contributed by atoms with Crippen LogP contribution in [0.25, 0.3) is 10.6 Å². The highest BCUT2D eigenvalue weighted by Crippen LogP contribution is 2.26. The Morgan fingerprint density at radius 1 is 1.12 bits per heavy atom. The summed E-state index contributed by atoms with van der Waals surface area (Å²) in [6.07, 6.45) is 0. The van der Waals surface area contributed by atoms with Crippen LogP contribution in [0.4, 0.5) is 0 Å². The van der Waals surface area contributed by atoms with Crippen molar-refractivity contribution in [3.8, 4) is 16.3 Å². The van der Waals surface area contributed by atoms with Gasteiger partial charge in [0, 0.05) is 23.2 Å². The van der Waals surface area contributed by atoms with Gasteiger partial charge in [-0.1, -0.05) is 42.5 Å². The second-order valence-corrected chi connectivity index (χ2v) is 6.19. The summed E-state index contributed by atoms with van der Waals surface area (Å²) in [5.41, 5.74) is 3.10. The molecule has 1 heterocycles. The topological polar surface area (TPSA) is 51.2 Å². The Balaban J connectivity index is 1.59. The van der Waals surface area contributed by atoms with Crippen LogP contribution in [-0.2, 0) is 11.3 Å². The molecule has 4 nitrogen and oxygen atoms in total. The van der Waals surface area contributed by atoms with Gasteiger partial charge in [-0.3, -0.25) is 4.79 Å². The maximum absolute atomic E-state index is 12.0. The van der Waals surface area contributed by atoms with Gasteiger partial charge in [-0.2, -0.15) is 0 Å². The van der Waals surface area contributed by atoms with Crippen molar-refractivity contribution in [2.45, 2.75) is 13.5 Å². The van der Waals surface area contributed by atoms with Crippen molar-refractivity contribution in [3.63, 3.8) is 0 Å². The molecule has 3 aromatic rings. The number of ether oxygens (including phenoxy) is 1. The molecule has 3 rings (SSSR count). The Hall–Kier alpha value is -2.66. The number of aromatic nitrogens is 1. The summed E-state index contributed by atoms with van der Waals surface area (Å²) < 4.78 is 5.45. The molecular weight excluding hydrogens is 320 g/mol. The standard InChI is InChI=1S/C19H18N2O2S/c1-14-13-24-19(21-14)17-10-6-5-7-15(17)11-20-18(22)12-23-16-8-3-2-4-9-16/h2-10,13H,11-12H2,1H3,(H,20,22). The van der Waals surface area contributed by atoms with Gasteiger partial charge in [0.25, 0.3) is 5.91 Å². The van der Waals surface area contributed by atoms with Gasteiger partial charge in [-0.15, -0.1) is 11.3 Å². The molecule has 0 spiro atoms. The SMILES string of the molecule is Cc1csc(-c2ccccc2CNC(=O)COc2ccccc2)n1. The first kappa shape index (κ1) is 16.2. The van der Waals surface area contributed by atoms with E-state index in [1.165, 1.54) is 0 Å². The number of thiazole rings is 1. The zero-order chi connectivity index (χ0) is 16.8. The van der Waals surface area contributed by atoms with Crippen molar-refractivity contribution in [1.82, 2.24) is 10.3 Å². The Morgan fingerprint density at radius 3 is 2.62 bits per heavy atom. The number of rotatable bonds is 6. The zero-order valence-electron chi connectivity index (χ0n) is 13.4. The molecular formula is C19H18N2O2S. The highest BCUT2D eigenvalue weighted by molar-refractivity contribution is 7.13. The van der Waals surface area contributed by atoms with Gasteiger partial charge >= 0.3 is 0 Å². The number of para-hydroxylation sites is 1. The van der Waals surface area contributed by atoms with Crippen LogP contribution in [-0.4, -0.2) is 17.5 Å². The second kappa shape index (κ2) is 7.75. The van der Waals surface area contributed by atoms with Gasteiger partial charge in [-0.25, -0.2) is 4.98 Å². The Bertz CT molecular complexity index is 815. The number of nitrogens with one attached hydrogen (secondary N) is 1. The molecule has 0 fully saturated rings. The number of carbonyl (C=O) groups is 1. The summed E-state index contributed by atoms with van der Waals surface area (Å²) in [6, 6.07) is 17.3. The largest absolute Gasteiger partial charge is 0.484 e. The summed E-state index contributed by atoms with van der Waals surface area (Å²) >= 11 is 1.61. The third-order valence-corrected chi connectivity index (χ3v) is 4.45. The fraction of sp³-hybridized carbons (Fsp3) is 0.158. The lowest BCUT2D eigenvalue weighted by Gasteiger charge is -2.10. The van der Waals surface area contributed by atoms with Gasteiger partial charge in [-0.05, 0) is 24.6 Å². The van der Waals surface area contributed by atoms with Crippen LogP contribution in [0.5, 0.6) is 5.75 Å². The number of benzene rings is 2. The van der Waals surface area contributed by atoms with E-state index in [2.05, 4.69) is 10.3 Å². The van der Waals surface area contributed by atoms with Crippen LogP contribution in [0.1, 0.15) is 11.3 Å². The minimum Gasteiger partial charge on any atom is -0.484 e. The van der Waals surface area contributed by atoms with E-state index in [9.17, 15) is 4.79 Å². The first-order valence-corrected chi connectivity index (χ1v) is 8.55. The molecule has 122 valence electrons. The molecule has 1 N–H and O–H groups in total. The summed E-state index contributed by atoms with van der Waals surface area (Å²) in [7, 11) is 0. The van der Waals surface area contributed by atoms with Crippen molar-refractivity contribution < 1.29 is 9.53 Å². The Kier molecular flexibility index (Phi) is 5.23. The quantitative estimate of drug-likeness (QED) is 0.743. The first-order chi connectivity index (χ1) is 11.7. The number of nitrogens with zero attached hydrogens (tertiary/aromatic N) is 1. The summed E-state index contributed by atoms with van der Waals surface area (Å²) in [6.45, 7) is 2.43. The predicted octanol–water partition coefficient (Wildman–Crippen LogP) is 3.81. The monoisotopic (exact) mass is 338 g/mol. The summed E-state index contributed by atoms with van der Waals surface area (Å²) in [5.74, 6) is 0.537. The number of hydrogen-bond acceptors (Lipinski definition) is 4. The molecule has 0 saturated carbocycles. The Labute approximate surface area is 145 Å². The number of hydrogen-bond donors (Lipinski definition) is 1. The molecule has 2 aromatic carbocycles. The van der Waals surface area contributed by atoms with Crippen LogP contribution in [0.3, 0.4) is 0 Å². The van der Waals surface area contributed by atoms with Crippen LogP contribution in [0.2, 0.25) is 0 Å². The first-order valence-electron chi connectivity index (χ1n) is 7.67. The van der Waals surface area contributed by atoms with Crippen LogP contribution in [0.15, 0.2) is 60.0 Å². The normalized spacial score (nSPS) is 10.4. The molecule has 24 heavy (non-hydrogen) atoms. The van der Waals surface area contributed by atoms with E-state index in [-0.39, 0.29) is 12.5 Å². The lowest BCUT2D eigenvalue weighted by atomic mass is 10.1. The van der Waals surface area contributed by atoms with Crippen molar-refractivity contribution in [3.05, 3.63) is 71.2 Å². The number of amides is 1. The third kappa shape index (κ3) is 4.20. The lowest BCUT2D eigenvalue weighted by Crippen LogP contribution is -2.28. The average molecular weight is 338 g/mol. The van der Waals surface area contributed by atoms with Crippen molar-refractivity contribution >= 4 is 17.2 Å². The van der Waals surface area contributed by atoms with Crippen LogP contribution in [0, 0.1) is 6.92 Å². The Morgan fingerprint density at radius 2 is 1.88 bits per heavy atom. The molecule has 0 saturated heterocycles. The molecule has 0 radical (unpaired) electrons. The van der Waals surface area contributed by atoms with E-state index >= 15 is 0 Å². The van der Waals surface area contributed by atoms with Crippen molar-refractivity contribution in [2.24, 2.45) is 0 Å². The second-order valence-electron chi connectivity index (χ2n) is 5.33. The van der Waals surface area contributed by atoms with Gasteiger partial charge < -0.3 is 10.1 Å². The van der Waals surface area contributed by atoms with Gasteiger partial charge in [0.05, 0.1) is 0 Å². The average Bonchev–Trinajstić information content (AvgIpc) is 3.05. The predicted molar refractivity (Wildman–Crippen MR) is 96.1 cm³/mol. The summed E-state index contributed by atoms with van der Waals surface area (Å²) in [4.78, 5) is 16.5. The van der Waals surface area contributed by atoms with E-state index in [1.807, 2.05) is 66.9 Å². The maximum atomic E-state index is 12.0.